The Morgan fingerprint density at radius 1 is 0.622 bits per heavy atom. The summed E-state index contributed by atoms with van der Waals surface area (Å²) in [6.07, 6.45) is 6.73. The van der Waals surface area contributed by atoms with Gasteiger partial charge in [0, 0.05) is 47.9 Å². The van der Waals surface area contributed by atoms with E-state index in [9.17, 15) is 0 Å². The second-order valence-electron chi connectivity index (χ2n) is 11.5. The van der Waals surface area contributed by atoms with Crippen LogP contribution in [0.4, 0.5) is 5.69 Å². The van der Waals surface area contributed by atoms with Crippen LogP contribution in [-0.2, 0) is 6.42 Å². The number of aromatic nitrogens is 1. The summed E-state index contributed by atoms with van der Waals surface area (Å²) in [6.45, 7) is 4.00. The highest BCUT2D eigenvalue weighted by molar-refractivity contribution is 7.25. The molecule has 8 aromatic rings. The zero-order valence-electron chi connectivity index (χ0n) is 25.5. The van der Waals surface area contributed by atoms with Crippen LogP contribution < -0.4 is 5.73 Å². The molecule has 2 nitrogen and oxygen atoms in total. The third-order valence-corrected chi connectivity index (χ3v) is 10.1. The van der Waals surface area contributed by atoms with Gasteiger partial charge in [-0.15, -0.1) is 11.3 Å². The maximum Gasteiger partial charge on any atom is 0.0541 e. The van der Waals surface area contributed by atoms with E-state index in [0.717, 1.165) is 24.1 Å². The van der Waals surface area contributed by atoms with Crippen LogP contribution >= 0.6 is 11.3 Å². The Hall–Kier alpha value is -5.12. The average molecular weight is 599 g/mol. The third kappa shape index (κ3) is 4.38. The number of nitrogens with two attached hydrogens (primary N) is 1. The molecular formula is C42H34N2S. The number of benzene rings is 6. The molecule has 1 aliphatic rings. The molecule has 2 aromatic heterocycles. The molecule has 0 spiro atoms. The van der Waals surface area contributed by atoms with Gasteiger partial charge in [0.15, 0.2) is 0 Å². The lowest BCUT2D eigenvalue weighted by Crippen LogP contribution is -2.00. The summed E-state index contributed by atoms with van der Waals surface area (Å²) in [4.78, 5) is 0. The van der Waals surface area contributed by atoms with Crippen molar-refractivity contribution in [3.05, 3.63) is 139 Å². The molecule has 45 heavy (non-hydrogen) atoms. The van der Waals surface area contributed by atoms with Crippen LogP contribution in [0.15, 0.2) is 127 Å². The Morgan fingerprint density at radius 3 is 2.20 bits per heavy atom. The molecule has 0 radical (unpaired) electrons. The first kappa shape index (κ1) is 27.4. The van der Waals surface area contributed by atoms with Crippen LogP contribution in [-0.4, -0.2) is 4.57 Å². The van der Waals surface area contributed by atoms with Gasteiger partial charge in [0.25, 0.3) is 0 Å². The van der Waals surface area contributed by atoms with E-state index in [1.165, 1.54) is 75.5 Å². The summed E-state index contributed by atoms with van der Waals surface area (Å²) in [5, 5.41) is 5.24. The average Bonchev–Trinajstić information content (AvgIpc) is 3.65. The van der Waals surface area contributed by atoms with Crippen molar-refractivity contribution in [2.45, 2.75) is 26.7 Å². The van der Waals surface area contributed by atoms with Gasteiger partial charge in [-0.05, 0) is 95.3 Å². The minimum Gasteiger partial charge on any atom is -0.398 e. The summed E-state index contributed by atoms with van der Waals surface area (Å²) in [5.41, 5.74) is 18.7. The van der Waals surface area contributed by atoms with Gasteiger partial charge in [0.1, 0.15) is 0 Å². The minimum absolute atomic E-state index is 0.822. The SMILES string of the molecule is CC.Nc1ccc(-c2ccc3c(c2)c2ccccc2n3-c2ccccc2)cc1-c1cc2sc3ccccc3c2c2c1CCC=C2. The molecule has 218 valence electrons. The predicted molar refractivity (Wildman–Crippen MR) is 198 cm³/mol. The molecule has 6 aromatic carbocycles. The smallest absolute Gasteiger partial charge is 0.0541 e. The minimum atomic E-state index is 0.822. The van der Waals surface area contributed by atoms with Crippen molar-refractivity contribution in [1.29, 1.82) is 0 Å². The maximum atomic E-state index is 6.77. The zero-order chi connectivity index (χ0) is 30.5. The van der Waals surface area contributed by atoms with Crippen LogP contribution in [0.2, 0.25) is 0 Å². The van der Waals surface area contributed by atoms with Gasteiger partial charge in [-0.25, -0.2) is 0 Å². The molecule has 0 saturated carbocycles. The van der Waals surface area contributed by atoms with Crippen LogP contribution in [0.25, 0.3) is 76.0 Å². The molecule has 0 aliphatic heterocycles. The van der Waals surface area contributed by atoms with Crippen molar-refractivity contribution < 1.29 is 0 Å². The molecule has 3 heteroatoms. The Kier molecular flexibility index (Phi) is 6.77. The predicted octanol–water partition coefficient (Wildman–Crippen LogP) is 12.1. The molecule has 2 heterocycles. The third-order valence-electron chi connectivity index (χ3n) is 9.03. The standard InChI is InChI=1S/C40H28N2S.C2H6/c41-35-20-18-25(26-19-21-37-34(23-26)29-13-6-8-16-36(29)42(37)27-10-2-1-3-11-27)22-33(35)32-24-39-40(30-14-5-4-12-28(30)32)31-15-7-9-17-38(31)43-39;1-2/h1-3,5-11,13-24H,4,12,41H2;1-2H3. The molecule has 0 atom stereocenters. The van der Waals surface area contributed by atoms with Gasteiger partial charge in [-0.3, -0.25) is 0 Å². The fraction of sp³-hybridized carbons (Fsp3) is 0.0952. The van der Waals surface area contributed by atoms with Gasteiger partial charge in [0.2, 0.25) is 0 Å². The summed E-state index contributed by atoms with van der Waals surface area (Å²) in [5.74, 6) is 0. The highest BCUT2D eigenvalue weighted by Crippen LogP contribution is 2.45. The molecule has 9 rings (SSSR count). The lowest BCUT2D eigenvalue weighted by molar-refractivity contribution is 0.992. The summed E-state index contributed by atoms with van der Waals surface area (Å²) in [6, 6.07) is 43.9. The largest absolute Gasteiger partial charge is 0.398 e. The number of allylic oxidation sites excluding steroid dienone is 1. The van der Waals surface area contributed by atoms with Gasteiger partial charge in [-0.1, -0.05) is 92.7 Å². The van der Waals surface area contributed by atoms with Crippen molar-refractivity contribution in [2.24, 2.45) is 0 Å². The normalized spacial score (nSPS) is 12.5. The molecule has 0 saturated heterocycles. The second-order valence-corrected chi connectivity index (χ2v) is 12.5. The van der Waals surface area contributed by atoms with Gasteiger partial charge < -0.3 is 10.3 Å². The Balaban J connectivity index is 0.00000147. The fourth-order valence-corrected chi connectivity index (χ4v) is 8.22. The van der Waals surface area contributed by atoms with E-state index in [0.29, 0.717) is 0 Å². The van der Waals surface area contributed by atoms with Crippen LogP contribution in [0.3, 0.4) is 0 Å². The quantitative estimate of drug-likeness (QED) is 0.202. The number of hydrogen-bond donors (Lipinski definition) is 1. The molecule has 0 bridgehead atoms. The topological polar surface area (TPSA) is 30.9 Å². The van der Waals surface area contributed by atoms with E-state index in [2.05, 4.69) is 138 Å². The monoisotopic (exact) mass is 598 g/mol. The van der Waals surface area contributed by atoms with E-state index in [4.69, 9.17) is 5.73 Å². The van der Waals surface area contributed by atoms with E-state index in [1.807, 2.05) is 25.2 Å². The molecule has 1 aliphatic carbocycles. The number of nitrogens with zero attached hydrogens (tertiary/aromatic N) is 1. The number of anilines is 1. The zero-order valence-corrected chi connectivity index (χ0v) is 26.4. The summed E-state index contributed by atoms with van der Waals surface area (Å²) < 4.78 is 5.02. The van der Waals surface area contributed by atoms with E-state index in [-0.39, 0.29) is 0 Å². The lowest BCUT2D eigenvalue weighted by atomic mass is 9.85. The van der Waals surface area contributed by atoms with Crippen molar-refractivity contribution in [3.63, 3.8) is 0 Å². The first-order chi connectivity index (χ1) is 22.2. The highest BCUT2D eigenvalue weighted by atomic mass is 32.1. The van der Waals surface area contributed by atoms with Crippen LogP contribution in [0.1, 0.15) is 31.4 Å². The number of nitrogen functional groups attached to an aromatic ring is 1. The maximum absolute atomic E-state index is 6.77. The number of thiophene rings is 1. The Labute approximate surface area is 267 Å². The Bertz CT molecular complexity index is 2410. The number of para-hydroxylation sites is 2. The van der Waals surface area contributed by atoms with Gasteiger partial charge in [0.05, 0.1) is 11.0 Å². The molecule has 0 unspecified atom stereocenters. The molecule has 0 amide bonds. The fourth-order valence-electron chi connectivity index (χ4n) is 7.06. The number of rotatable bonds is 3. The van der Waals surface area contributed by atoms with Crippen molar-refractivity contribution in [1.82, 2.24) is 4.57 Å². The van der Waals surface area contributed by atoms with Crippen molar-refractivity contribution in [2.75, 3.05) is 5.73 Å². The summed E-state index contributed by atoms with van der Waals surface area (Å²) in [7, 11) is 0. The first-order valence-corrected chi connectivity index (χ1v) is 16.7. The lowest BCUT2D eigenvalue weighted by Gasteiger charge is -2.19. The van der Waals surface area contributed by atoms with E-state index < -0.39 is 0 Å². The highest BCUT2D eigenvalue weighted by Gasteiger charge is 2.20. The van der Waals surface area contributed by atoms with Crippen LogP contribution in [0.5, 0.6) is 0 Å². The first-order valence-electron chi connectivity index (χ1n) is 15.9. The molecular weight excluding hydrogens is 565 g/mol. The van der Waals surface area contributed by atoms with Crippen molar-refractivity contribution in [3.8, 4) is 27.9 Å². The van der Waals surface area contributed by atoms with Gasteiger partial charge in [-0.2, -0.15) is 0 Å². The van der Waals surface area contributed by atoms with Crippen LogP contribution in [0, 0.1) is 0 Å². The Morgan fingerprint density at radius 2 is 1.33 bits per heavy atom. The number of hydrogen-bond acceptors (Lipinski definition) is 2. The van der Waals surface area contributed by atoms with Gasteiger partial charge >= 0.3 is 0 Å². The van der Waals surface area contributed by atoms with E-state index >= 15 is 0 Å². The summed E-state index contributed by atoms with van der Waals surface area (Å²) >= 11 is 1.88. The molecule has 2 N–H and O–H groups in total. The number of fused-ring (bicyclic) bond motifs is 8. The molecule has 0 fully saturated rings. The van der Waals surface area contributed by atoms with Crippen molar-refractivity contribution >= 4 is 65.1 Å². The van der Waals surface area contributed by atoms with E-state index in [1.54, 1.807) is 0 Å². The second kappa shape index (κ2) is 11.1.